The van der Waals surface area contributed by atoms with Gasteiger partial charge in [-0.25, -0.2) is 9.50 Å². The van der Waals surface area contributed by atoms with Gasteiger partial charge in [-0.1, -0.05) is 11.6 Å². The van der Waals surface area contributed by atoms with Crippen molar-refractivity contribution in [3.8, 4) is 5.75 Å². The summed E-state index contributed by atoms with van der Waals surface area (Å²) in [7, 11) is 0. The van der Waals surface area contributed by atoms with Gasteiger partial charge in [0.05, 0.1) is 23.8 Å². The fraction of sp³-hybridized carbons (Fsp3) is 0.0588. The number of aromatic nitrogens is 5. The van der Waals surface area contributed by atoms with Crippen LogP contribution in [0.25, 0.3) is 5.65 Å². The van der Waals surface area contributed by atoms with Crippen LogP contribution in [0.5, 0.6) is 5.75 Å². The quantitative estimate of drug-likeness (QED) is 0.513. The summed E-state index contributed by atoms with van der Waals surface area (Å²) in [6.45, 7) is 0. The van der Waals surface area contributed by atoms with Crippen molar-refractivity contribution in [2.24, 2.45) is 0 Å². The first-order chi connectivity index (χ1) is 12.6. The van der Waals surface area contributed by atoms with Gasteiger partial charge in [0, 0.05) is 29.4 Å². The summed E-state index contributed by atoms with van der Waals surface area (Å²) < 4.78 is 1.52. The van der Waals surface area contributed by atoms with Crippen molar-refractivity contribution in [2.75, 3.05) is 5.32 Å². The lowest BCUT2D eigenvalue weighted by Crippen LogP contribution is -2.13. The highest BCUT2D eigenvalue weighted by atomic mass is 35.5. The molecule has 3 heterocycles. The number of carbonyl (C=O) groups excluding carboxylic acids is 1. The van der Waals surface area contributed by atoms with Gasteiger partial charge in [-0.3, -0.25) is 9.89 Å². The Kier molecular flexibility index (Phi) is 4.02. The highest BCUT2D eigenvalue weighted by molar-refractivity contribution is 6.30. The molecule has 26 heavy (non-hydrogen) atoms. The summed E-state index contributed by atoms with van der Waals surface area (Å²) in [6.07, 6.45) is 6.60. The SMILES string of the molecule is O=C(Nc1cn[nH]c1Cc1cc(Cl)ccc1O)c1cnn2cccnc12. The average Bonchev–Trinajstić information content (AvgIpc) is 3.25. The Hall–Kier alpha value is -3.39. The molecule has 8 nitrogen and oxygen atoms in total. The highest BCUT2D eigenvalue weighted by Gasteiger charge is 2.17. The number of H-pyrrole nitrogens is 1. The summed E-state index contributed by atoms with van der Waals surface area (Å²) in [5.74, 6) is -0.232. The molecule has 130 valence electrons. The number of nitrogens with one attached hydrogen (secondary N) is 2. The number of aromatic amines is 1. The lowest BCUT2D eigenvalue weighted by atomic mass is 10.1. The first-order valence-electron chi connectivity index (χ1n) is 7.71. The second kappa shape index (κ2) is 6.49. The van der Waals surface area contributed by atoms with Gasteiger partial charge >= 0.3 is 0 Å². The number of rotatable bonds is 4. The second-order valence-electron chi connectivity index (χ2n) is 5.61. The maximum absolute atomic E-state index is 12.6. The first-order valence-corrected chi connectivity index (χ1v) is 8.09. The Balaban J connectivity index is 1.59. The van der Waals surface area contributed by atoms with Gasteiger partial charge in [-0.15, -0.1) is 0 Å². The zero-order chi connectivity index (χ0) is 18.1. The fourth-order valence-electron chi connectivity index (χ4n) is 2.62. The third kappa shape index (κ3) is 2.98. The molecule has 4 aromatic rings. The standard InChI is InChI=1S/C17H13ClN6O2/c18-11-2-3-15(25)10(6-11)7-13-14(9-20-23-13)22-17(26)12-8-21-24-5-1-4-19-16(12)24/h1-6,8-9,25H,7H2,(H,20,23)(H,22,26). The molecular weight excluding hydrogens is 356 g/mol. The number of anilines is 1. The summed E-state index contributed by atoms with van der Waals surface area (Å²) in [6, 6.07) is 6.52. The Morgan fingerprint density at radius 2 is 2.23 bits per heavy atom. The Morgan fingerprint density at radius 3 is 3.12 bits per heavy atom. The van der Waals surface area contributed by atoms with Crippen LogP contribution in [0.1, 0.15) is 21.6 Å². The van der Waals surface area contributed by atoms with Crippen LogP contribution in [-0.2, 0) is 6.42 Å². The molecule has 9 heteroatoms. The zero-order valence-electron chi connectivity index (χ0n) is 13.3. The molecule has 0 bridgehead atoms. The molecule has 0 unspecified atom stereocenters. The predicted molar refractivity (Wildman–Crippen MR) is 95.5 cm³/mol. The fourth-order valence-corrected chi connectivity index (χ4v) is 2.81. The molecule has 0 fully saturated rings. The number of halogens is 1. The minimum absolute atomic E-state index is 0.119. The molecule has 0 spiro atoms. The van der Waals surface area contributed by atoms with Crippen molar-refractivity contribution < 1.29 is 9.90 Å². The van der Waals surface area contributed by atoms with E-state index < -0.39 is 0 Å². The third-order valence-electron chi connectivity index (χ3n) is 3.90. The number of carbonyl (C=O) groups is 1. The summed E-state index contributed by atoms with van der Waals surface area (Å²) in [5.41, 5.74) is 2.57. The van der Waals surface area contributed by atoms with Crippen LogP contribution in [0.2, 0.25) is 5.02 Å². The molecule has 0 saturated heterocycles. The van der Waals surface area contributed by atoms with Gasteiger partial charge in [0.15, 0.2) is 5.65 Å². The molecule has 0 saturated carbocycles. The van der Waals surface area contributed by atoms with Gasteiger partial charge in [-0.05, 0) is 24.3 Å². The molecule has 0 aliphatic rings. The van der Waals surface area contributed by atoms with Crippen LogP contribution in [0.4, 0.5) is 5.69 Å². The van der Waals surface area contributed by atoms with Crippen molar-refractivity contribution in [3.05, 3.63) is 70.9 Å². The van der Waals surface area contributed by atoms with Gasteiger partial charge in [-0.2, -0.15) is 10.2 Å². The number of hydrogen-bond acceptors (Lipinski definition) is 5. The van der Waals surface area contributed by atoms with Crippen LogP contribution in [0.3, 0.4) is 0 Å². The molecule has 1 aromatic carbocycles. The second-order valence-corrected chi connectivity index (χ2v) is 6.05. The van der Waals surface area contributed by atoms with E-state index in [-0.39, 0.29) is 11.7 Å². The summed E-state index contributed by atoms with van der Waals surface area (Å²) >= 11 is 5.98. The van der Waals surface area contributed by atoms with E-state index in [4.69, 9.17) is 11.6 Å². The van der Waals surface area contributed by atoms with Crippen LogP contribution in [0, 0.1) is 0 Å². The molecule has 1 amide bonds. The number of nitrogens with zero attached hydrogens (tertiary/aromatic N) is 4. The van der Waals surface area contributed by atoms with Crippen molar-refractivity contribution in [1.82, 2.24) is 24.8 Å². The lowest BCUT2D eigenvalue weighted by molar-refractivity contribution is 0.102. The van der Waals surface area contributed by atoms with E-state index in [9.17, 15) is 9.90 Å². The van der Waals surface area contributed by atoms with Crippen molar-refractivity contribution in [1.29, 1.82) is 0 Å². The maximum atomic E-state index is 12.6. The van der Waals surface area contributed by atoms with Crippen LogP contribution >= 0.6 is 11.6 Å². The zero-order valence-corrected chi connectivity index (χ0v) is 14.1. The minimum Gasteiger partial charge on any atom is -0.508 e. The Labute approximate surface area is 152 Å². The van der Waals surface area contributed by atoms with Crippen molar-refractivity contribution >= 4 is 28.8 Å². The number of amides is 1. The number of hydrogen-bond donors (Lipinski definition) is 3. The molecule has 0 aliphatic heterocycles. The summed E-state index contributed by atoms with van der Waals surface area (Å²) in [4.78, 5) is 16.8. The number of phenols is 1. The van der Waals surface area contributed by atoms with E-state index in [2.05, 4.69) is 25.6 Å². The van der Waals surface area contributed by atoms with E-state index in [1.807, 2.05) is 0 Å². The molecular formula is C17H13ClN6O2. The normalized spacial score (nSPS) is 11.0. The third-order valence-corrected chi connectivity index (χ3v) is 4.13. The molecule has 0 atom stereocenters. The van der Waals surface area contributed by atoms with E-state index in [1.165, 1.54) is 23.0 Å². The van der Waals surface area contributed by atoms with E-state index >= 15 is 0 Å². The van der Waals surface area contributed by atoms with Gasteiger partial charge in [0.25, 0.3) is 5.91 Å². The van der Waals surface area contributed by atoms with Gasteiger partial charge in [0.1, 0.15) is 11.3 Å². The van der Waals surface area contributed by atoms with Crippen LogP contribution in [0.15, 0.2) is 49.1 Å². The first kappa shape index (κ1) is 16.1. The molecule has 4 rings (SSSR count). The Bertz CT molecular complexity index is 1100. The maximum Gasteiger partial charge on any atom is 0.261 e. The number of fused-ring (bicyclic) bond motifs is 1. The molecule has 3 aromatic heterocycles. The molecule has 3 N–H and O–H groups in total. The largest absolute Gasteiger partial charge is 0.508 e. The molecule has 0 aliphatic carbocycles. The predicted octanol–water partition coefficient (Wildman–Crippen LogP) is 2.65. The number of phenolic OH excluding ortho intramolecular Hbond substituents is 1. The minimum atomic E-state index is -0.350. The number of aromatic hydroxyl groups is 1. The van der Waals surface area contributed by atoms with Crippen molar-refractivity contribution in [2.45, 2.75) is 6.42 Å². The van der Waals surface area contributed by atoms with Gasteiger partial charge in [0.2, 0.25) is 0 Å². The van der Waals surface area contributed by atoms with E-state index in [1.54, 1.807) is 30.6 Å². The monoisotopic (exact) mass is 368 g/mol. The number of benzene rings is 1. The van der Waals surface area contributed by atoms with Crippen LogP contribution < -0.4 is 5.32 Å². The van der Waals surface area contributed by atoms with Gasteiger partial charge < -0.3 is 10.4 Å². The van der Waals surface area contributed by atoms with Crippen LogP contribution in [-0.4, -0.2) is 35.8 Å². The smallest absolute Gasteiger partial charge is 0.261 e. The topological polar surface area (TPSA) is 108 Å². The average molecular weight is 369 g/mol. The summed E-state index contributed by atoms with van der Waals surface area (Å²) in [5, 5.41) is 24.2. The molecule has 0 radical (unpaired) electrons. The van der Waals surface area contributed by atoms with Crippen molar-refractivity contribution in [3.63, 3.8) is 0 Å². The van der Waals surface area contributed by atoms with E-state index in [0.717, 1.165) is 0 Å². The highest BCUT2D eigenvalue weighted by Crippen LogP contribution is 2.26. The Morgan fingerprint density at radius 1 is 1.35 bits per heavy atom. The van der Waals surface area contributed by atoms with E-state index in [0.29, 0.717) is 39.6 Å². The lowest BCUT2D eigenvalue weighted by Gasteiger charge is -2.07.